The Labute approximate surface area is 332 Å². The molecule has 270 valence electrons. The molecule has 1 aromatic heterocycles. The lowest BCUT2D eigenvalue weighted by atomic mass is 9.82. The van der Waals surface area contributed by atoms with E-state index in [1.54, 1.807) is 0 Å². The average molecular weight is 730 g/mol. The quantitative estimate of drug-likeness (QED) is 0.169. The van der Waals surface area contributed by atoms with Crippen LogP contribution in [0, 0.1) is 0 Å². The molecule has 0 atom stereocenters. The van der Waals surface area contributed by atoms with Crippen LogP contribution in [-0.2, 0) is 5.41 Å². The molecule has 0 unspecified atom stereocenters. The van der Waals surface area contributed by atoms with Gasteiger partial charge in [0.2, 0.25) is 0 Å². The topological polar surface area (TPSA) is 16.4 Å². The van der Waals surface area contributed by atoms with Crippen LogP contribution in [0.4, 0.5) is 17.1 Å². The van der Waals surface area contributed by atoms with Crippen LogP contribution in [0.25, 0.3) is 77.2 Å². The Kier molecular flexibility index (Phi) is 7.55. The first kappa shape index (κ1) is 33.2. The summed E-state index contributed by atoms with van der Waals surface area (Å²) < 4.78 is 6.93. The van der Waals surface area contributed by atoms with E-state index in [1.807, 2.05) is 0 Å². The molecule has 57 heavy (non-hydrogen) atoms. The molecule has 0 saturated carbocycles. The Morgan fingerprint density at radius 1 is 0.386 bits per heavy atom. The van der Waals surface area contributed by atoms with Gasteiger partial charge in [0, 0.05) is 27.4 Å². The maximum Gasteiger partial charge on any atom is 0.143 e. The highest BCUT2D eigenvalue weighted by Gasteiger charge is 2.36. The van der Waals surface area contributed by atoms with Crippen LogP contribution in [0.2, 0.25) is 0 Å². The fourth-order valence-electron chi connectivity index (χ4n) is 9.30. The highest BCUT2D eigenvalue weighted by atomic mass is 16.3. The monoisotopic (exact) mass is 729 g/mol. The number of nitrogens with zero attached hydrogens (tertiary/aromatic N) is 1. The van der Waals surface area contributed by atoms with Gasteiger partial charge in [0.05, 0.1) is 16.8 Å². The lowest BCUT2D eigenvalue weighted by Gasteiger charge is -2.30. The molecule has 1 aliphatic carbocycles. The largest absolute Gasteiger partial charge is 0.455 e. The summed E-state index contributed by atoms with van der Waals surface area (Å²) in [4.78, 5) is 2.46. The van der Waals surface area contributed by atoms with Gasteiger partial charge in [-0.3, -0.25) is 0 Å². The molecular weight excluding hydrogens is 691 g/mol. The molecule has 0 spiro atoms. The van der Waals surface area contributed by atoms with Gasteiger partial charge in [-0.2, -0.15) is 0 Å². The van der Waals surface area contributed by atoms with Crippen molar-refractivity contribution in [2.24, 2.45) is 0 Å². The van der Waals surface area contributed by atoms with Gasteiger partial charge < -0.3 is 9.32 Å². The standard InChI is InChI=1S/C55H39NO/c1-55(2)48-24-13-11-22-43(48)44-33-32-40(34-49(44)55)56(50-25-14-12-20-41(50)38-18-7-4-8-19-38)51-26-15-27-52-53(51)47-35-46(42-21-9-10-23-45(42)54(47)57-52)39-30-28-37(29-31-39)36-16-5-3-6-17-36/h3-35H,1-2H3. The Morgan fingerprint density at radius 3 is 1.75 bits per heavy atom. The van der Waals surface area contributed by atoms with Crippen LogP contribution in [0.5, 0.6) is 0 Å². The second-order valence-corrected chi connectivity index (χ2v) is 15.7. The molecule has 1 aliphatic rings. The molecule has 2 heteroatoms. The number of para-hydroxylation sites is 1. The summed E-state index contributed by atoms with van der Waals surface area (Å²) in [5.74, 6) is 0. The third-order valence-corrected chi connectivity index (χ3v) is 12.1. The SMILES string of the molecule is CC1(C)c2ccccc2-c2ccc(N(c3ccccc3-c3ccccc3)c3cccc4oc5c6ccccc6c(-c6ccc(-c7ccccc7)cc6)cc5c34)cc21. The molecule has 1 heterocycles. The van der Waals surface area contributed by atoms with Gasteiger partial charge in [0.15, 0.2) is 0 Å². The number of rotatable bonds is 6. The van der Waals surface area contributed by atoms with Crippen molar-refractivity contribution >= 4 is 49.8 Å². The first-order chi connectivity index (χ1) is 28.0. The van der Waals surface area contributed by atoms with Crippen LogP contribution < -0.4 is 4.90 Å². The first-order valence-electron chi connectivity index (χ1n) is 19.8. The van der Waals surface area contributed by atoms with Gasteiger partial charge in [0.1, 0.15) is 11.2 Å². The molecule has 0 fully saturated rings. The fraction of sp³-hybridized carbons (Fsp3) is 0.0545. The summed E-state index contributed by atoms with van der Waals surface area (Å²) in [5, 5.41) is 4.46. The Balaban J connectivity index is 1.18. The highest BCUT2D eigenvalue weighted by molar-refractivity contribution is 6.22. The van der Waals surface area contributed by atoms with Crippen LogP contribution in [-0.4, -0.2) is 0 Å². The van der Waals surface area contributed by atoms with Crippen LogP contribution in [0.3, 0.4) is 0 Å². The van der Waals surface area contributed by atoms with Crippen molar-refractivity contribution in [1.82, 2.24) is 0 Å². The van der Waals surface area contributed by atoms with E-state index in [2.05, 4.69) is 219 Å². The van der Waals surface area contributed by atoms with Gasteiger partial charge >= 0.3 is 0 Å². The van der Waals surface area contributed by atoms with E-state index in [-0.39, 0.29) is 5.41 Å². The van der Waals surface area contributed by atoms with Crippen molar-refractivity contribution in [1.29, 1.82) is 0 Å². The number of benzene rings is 9. The minimum Gasteiger partial charge on any atom is -0.455 e. The van der Waals surface area contributed by atoms with Crippen molar-refractivity contribution in [3.8, 4) is 44.5 Å². The Hall–Kier alpha value is -7.16. The molecule has 0 amide bonds. The summed E-state index contributed by atoms with van der Waals surface area (Å²) in [6.45, 7) is 4.71. The predicted molar refractivity (Wildman–Crippen MR) is 240 cm³/mol. The van der Waals surface area contributed by atoms with Gasteiger partial charge in [0.25, 0.3) is 0 Å². The zero-order valence-corrected chi connectivity index (χ0v) is 31.9. The summed E-state index contributed by atoms with van der Waals surface area (Å²) in [7, 11) is 0. The Morgan fingerprint density at radius 2 is 0.965 bits per heavy atom. The van der Waals surface area contributed by atoms with Crippen molar-refractivity contribution < 1.29 is 4.42 Å². The van der Waals surface area contributed by atoms with Crippen molar-refractivity contribution in [3.63, 3.8) is 0 Å². The van der Waals surface area contributed by atoms with Crippen LogP contribution in [0.15, 0.2) is 205 Å². The number of hydrogen-bond donors (Lipinski definition) is 0. The molecule has 2 nitrogen and oxygen atoms in total. The zero-order chi connectivity index (χ0) is 38.1. The predicted octanol–water partition coefficient (Wildman–Crippen LogP) is 15.5. The maximum absolute atomic E-state index is 6.93. The molecular formula is C55H39NO. The fourth-order valence-corrected chi connectivity index (χ4v) is 9.30. The van der Waals surface area contributed by atoms with E-state index < -0.39 is 0 Å². The minimum atomic E-state index is -0.148. The van der Waals surface area contributed by atoms with Crippen LogP contribution in [0.1, 0.15) is 25.0 Å². The number of hydrogen-bond acceptors (Lipinski definition) is 2. The lowest BCUT2D eigenvalue weighted by molar-refractivity contribution is 0.660. The molecule has 0 N–H and O–H groups in total. The third kappa shape index (κ3) is 5.25. The van der Waals surface area contributed by atoms with Crippen molar-refractivity contribution in [2.45, 2.75) is 19.3 Å². The number of furan rings is 1. The summed E-state index contributed by atoms with van der Waals surface area (Å²) in [5.41, 5.74) is 17.3. The van der Waals surface area contributed by atoms with Crippen molar-refractivity contribution in [3.05, 3.63) is 211 Å². The van der Waals surface area contributed by atoms with Gasteiger partial charge in [-0.25, -0.2) is 0 Å². The first-order valence-corrected chi connectivity index (χ1v) is 19.8. The van der Waals surface area contributed by atoms with E-state index in [0.29, 0.717) is 0 Å². The van der Waals surface area contributed by atoms with Crippen LogP contribution >= 0.6 is 0 Å². The molecule has 10 aromatic rings. The normalized spacial score (nSPS) is 12.9. The lowest BCUT2D eigenvalue weighted by Crippen LogP contribution is -2.17. The minimum absolute atomic E-state index is 0.148. The van der Waals surface area contributed by atoms with Gasteiger partial charge in [-0.1, -0.05) is 178 Å². The van der Waals surface area contributed by atoms with E-state index in [4.69, 9.17) is 4.42 Å². The Bertz CT molecular complexity index is 3140. The number of fused-ring (bicyclic) bond motifs is 8. The van der Waals surface area contributed by atoms with E-state index in [0.717, 1.165) is 50.0 Å². The molecule has 0 aliphatic heterocycles. The zero-order valence-electron chi connectivity index (χ0n) is 31.9. The highest BCUT2D eigenvalue weighted by Crippen LogP contribution is 2.53. The molecule has 0 radical (unpaired) electrons. The van der Waals surface area contributed by atoms with Gasteiger partial charge in [-0.05, 0) is 91.9 Å². The molecule has 0 saturated heterocycles. The number of anilines is 3. The molecule has 0 bridgehead atoms. The average Bonchev–Trinajstić information content (AvgIpc) is 3.77. The summed E-state index contributed by atoms with van der Waals surface area (Å²) in [6, 6.07) is 72.5. The molecule has 11 rings (SSSR count). The summed E-state index contributed by atoms with van der Waals surface area (Å²) in [6.07, 6.45) is 0. The van der Waals surface area contributed by atoms with Gasteiger partial charge in [-0.15, -0.1) is 0 Å². The second-order valence-electron chi connectivity index (χ2n) is 15.7. The van der Waals surface area contributed by atoms with E-state index in [1.165, 1.54) is 55.5 Å². The second kappa shape index (κ2) is 13.0. The maximum atomic E-state index is 6.93. The third-order valence-electron chi connectivity index (χ3n) is 12.1. The van der Waals surface area contributed by atoms with Crippen molar-refractivity contribution in [2.75, 3.05) is 4.90 Å². The van der Waals surface area contributed by atoms with E-state index in [9.17, 15) is 0 Å². The summed E-state index contributed by atoms with van der Waals surface area (Å²) >= 11 is 0. The van der Waals surface area contributed by atoms with E-state index >= 15 is 0 Å². The smallest absolute Gasteiger partial charge is 0.143 e. The molecule has 9 aromatic carbocycles.